The third-order valence-corrected chi connectivity index (χ3v) is 5.79. The average molecular weight is 328 g/mol. The summed E-state index contributed by atoms with van der Waals surface area (Å²) in [5.74, 6) is 1.33. The molecule has 2 aromatic rings. The molecule has 120 valence electrons. The van der Waals surface area contributed by atoms with E-state index < -0.39 is 0 Å². The van der Waals surface area contributed by atoms with Crippen molar-refractivity contribution >= 4 is 23.1 Å². The molecule has 5 nitrogen and oxygen atoms in total. The van der Waals surface area contributed by atoms with E-state index >= 15 is 0 Å². The third kappa shape index (κ3) is 2.83. The minimum atomic E-state index is 0.0884. The van der Waals surface area contributed by atoms with Gasteiger partial charge in [0.05, 0.1) is 5.92 Å². The normalized spacial score (nSPS) is 20.7. The van der Waals surface area contributed by atoms with E-state index in [9.17, 15) is 4.79 Å². The van der Waals surface area contributed by atoms with E-state index in [0.29, 0.717) is 5.91 Å². The Labute approximate surface area is 140 Å². The van der Waals surface area contributed by atoms with E-state index in [2.05, 4.69) is 26.3 Å². The zero-order valence-electron chi connectivity index (χ0n) is 13.2. The maximum Gasteiger partial charge on any atom is 0.227 e. The van der Waals surface area contributed by atoms with E-state index in [1.807, 2.05) is 29.2 Å². The van der Waals surface area contributed by atoms with Crippen LogP contribution in [0.2, 0.25) is 0 Å². The van der Waals surface area contributed by atoms with Crippen LogP contribution in [0.4, 0.5) is 5.82 Å². The van der Waals surface area contributed by atoms with E-state index in [0.717, 1.165) is 50.5 Å². The van der Waals surface area contributed by atoms with Crippen LogP contribution in [0.5, 0.6) is 0 Å². The topological polar surface area (TPSA) is 49.3 Å². The molecule has 1 unspecified atom stereocenters. The predicted molar refractivity (Wildman–Crippen MR) is 90.5 cm³/mol. The second kappa shape index (κ2) is 5.92. The number of nitrogens with zero attached hydrogens (tertiary/aromatic N) is 4. The van der Waals surface area contributed by atoms with Gasteiger partial charge in [0.25, 0.3) is 0 Å². The molecule has 2 aromatic heterocycles. The highest BCUT2D eigenvalue weighted by molar-refractivity contribution is 7.10. The lowest BCUT2D eigenvalue weighted by Gasteiger charge is -2.29. The molecule has 1 atom stereocenters. The molecule has 0 bridgehead atoms. The summed E-state index contributed by atoms with van der Waals surface area (Å²) in [6, 6.07) is 4.15. The first kappa shape index (κ1) is 14.6. The first-order valence-corrected chi connectivity index (χ1v) is 8.96. The number of fused-ring (bicyclic) bond motifs is 1. The highest BCUT2D eigenvalue weighted by Gasteiger charge is 2.33. The average Bonchev–Trinajstić information content (AvgIpc) is 3.22. The van der Waals surface area contributed by atoms with Gasteiger partial charge in [0.15, 0.2) is 0 Å². The molecular formula is C17H20N4OS. The van der Waals surface area contributed by atoms with Crippen LogP contribution in [-0.4, -0.2) is 40.4 Å². The molecule has 2 aliphatic heterocycles. The number of carbonyl (C=O) groups is 1. The van der Waals surface area contributed by atoms with E-state index in [-0.39, 0.29) is 5.92 Å². The van der Waals surface area contributed by atoms with Crippen molar-refractivity contribution in [3.8, 4) is 0 Å². The molecule has 0 aromatic carbocycles. The number of carbonyl (C=O) groups excluding carboxylic acids is 1. The third-order valence-electron chi connectivity index (χ3n) is 4.77. The molecule has 4 rings (SSSR count). The van der Waals surface area contributed by atoms with Crippen LogP contribution in [0.1, 0.15) is 22.6 Å². The number of anilines is 1. The summed E-state index contributed by atoms with van der Waals surface area (Å²) in [4.78, 5) is 27.0. The van der Waals surface area contributed by atoms with Crippen LogP contribution in [0.15, 0.2) is 23.8 Å². The van der Waals surface area contributed by atoms with Crippen LogP contribution in [0.25, 0.3) is 0 Å². The molecule has 0 aliphatic carbocycles. The molecule has 1 saturated heterocycles. The lowest BCUT2D eigenvalue weighted by atomic mass is 10.0. The van der Waals surface area contributed by atoms with E-state index in [4.69, 9.17) is 0 Å². The Morgan fingerprint density at radius 3 is 3.13 bits per heavy atom. The maximum absolute atomic E-state index is 12.8. The van der Waals surface area contributed by atoms with E-state index in [1.54, 1.807) is 6.33 Å². The predicted octanol–water partition coefficient (Wildman–Crippen LogP) is 2.26. The van der Waals surface area contributed by atoms with Gasteiger partial charge in [-0.3, -0.25) is 4.79 Å². The van der Waals surface area contributed by atoms with Gasteiger partial charge in [0, 0.05) is 42.8 Å². The Morgan fingerprint density at radius 1 is 1.35 bits per heavy atom. The summed E-state index contributed by atoms with van der Waals surface area (Å²) in [5, 5.41) is 2.13. The summed E-state index contributed by atoms with van der Waals surface area (Å²) in [6.45, 7) is 5.26. The van der Waals surface area contributed by atoms with Gasteiger partial charge in [0.2, 0.25) is 5.91 Å². The monoisotopic (exact) mass is 328 g/mol. The van der Waals surface area contributed by atoms with E-state index in [1.165, 1.54) is 10.4 Å². The van der Waals surface area contributed by atoms with Crippen molar-refractivity contribution in [1.82, 2.24) is 14.9 Å². The Kier molecular flexibility index (Phi) is 3.77. The number of hydrogen-bond acceptors (Lipinski definition) is 5. The Bertz CT molecular complexity index is 729. The molecule has 6 heteroatoms. The molecule has 2 aliphatic rings. The fraction of sp³-hybridized carbons (Fsp3) is 0.471. The van der Waals surface area contributed by atoms with Crippen molar-refractivity contribution in [3.05, 3.63) is 40.0 Å². The van der Waals surface area contributed by atoms with Crippen LogP contribution in [-0.2, 0) is 17.8 Å². The van der Waals surface area contributed by atoms with Crippen molar-refractivity contribution in [2.45, 2.75) is 26.3 Å². The second-order valence-corrected chi connectivity index (χ2v) is 7.33. The minimum absolute atomic E-state index is 0.0884. The lowest BCUT2D eigenvalue weighted by Crippen LogP contribution is -2.40. The quantitative estimate of drug-likeness (QED) is 0.848. The number of hydrogen-bond donors (Lipinski definition) is 0. The zero-order chi connectivity index (χ0) is 15.8. The van der Waals surface area contributed by atoms with Gasteiger partial charge in [-0.05, 0) is 36.8 Å². The number of amides is 1. The highest BCUT2D eigenvalue weighted by Crippen LogP contribution is 2.28. The summed E-state index contributed by atoms with van der Waals surface area (Å²) in [6.07, 6.45) is 3.51. The van der Waals surface area contributed by atoms with Crippen molar-refractivity contribution in [1.29, 1.82) is 0 Å². The molecule has 23 heavy (non-hydrogen) atoms. The second-order valence-electron chi connectivity index (χ2n) is 6.33. The number of aryl methyl sites for hydroxylation is 1. The van der Waals surface area contributed by atoms with Gasteiger partial charge >= 0.3 is 0 Å². The molecule has 0 spiro atoms. The van der Waals surface area contributed by atoms with Crippen molar-refractivity contribution in [3.63, 3.8) is 0 Å². The Morgan fingerprint density at radius 2 is 2.26 bits per heavy atom. The summed E-state index contributed by atoms with van der Waals surface area (Å²) < 4.78 is 0. The SMILES string of the molecule is Cc1cc(N2CCC(C(=O)N3CCc4sccc4C3)C2)ncn1. The van der Waals surface area contributed by atoms with Crippen molar-refractivity contribution < 1.29 is 4.79 Å². The van der Waals surface area contributed by atoms with Crippen molar-refractivity contribution in [2.75, 3.05) is 24.5 Å². The first-order chi connectivity index (χ1) is 11.2. The van der Waals surface area contributed by atoms with Gasteiger partial charge in [0.1, 0.15) is 12.1 Å². The van der Waals surface area contributed by atoms with Gasteiger partial charge in [-0.2, -0.15) is 0 Å². The summed E-state index contributed by atoms with van der Waals surface area (Å²) in [5.41, 5.74) is 2.29. The number of thiophene rings is 1. The summed E-state index contributed by atoms with van der Waals surface area (Å²) in [7, 11) is 0. The zero-order valence-corrected chi connectivity index (χ0v) is 14.1. The van der Waals surface area contributed by atoms with Crippen LogP contribution in [0.3, 0.4) is 0 Å². The molecular weight excluding hydrogens is 308 g/mol. The molecule has 0 N–H and O–H groups in total. The maximum atomic E-state index is 12.8. The van der Waals surface area contributed by atoms with Gasteiger partial charge in [-0.1, -0.05) is 0 Å². The van der Waals surface area contributed by atoms with Gasteiger partial charge in [-0.15, -0.1) is 11.3 Å². The van der Waals surface area contributed by atoms with Gasteiger partial charge < -0.3 is 9.80 Å². The molecule has 4 heterocycles. The van der Waals surface area contributed by atoms with Crippen LogP contribution >= 0.6 is 11.3 Å². The fourth-order valence-corrected chi connectivity index (χ4v) is 4.37. The smallest absolute Gasteiger partial charge is 0.227 e. The van der Waals surface area contributed by atoms with Crippen LogP contribution in [0, 0.1) is 12.8 Å². The minimum Gasteiger partial charge on any atom is -0.356 e. The first-order valence-electron chi connectivity index (χ1n) is 8.08. The Balaban J connectivity index is 1.43. The molecule has 1 amide bonds. The Hall–Kier alpha value is -1.95. The standard InChI is InChI=1S/C17H20N4OS/c1-12-8-16(19-11-18-12)20-5-2-14(10-20)17(22)21-6-3-15-13(9-21)4-7-23-15/h4,7-8,11,14H,2-3,5-6,9-10H2,1H3. The number of rotatable bonds is 2. The lowest BCUT2D eigenvalue weighted by molar-refractivity contribution is -0.135. The van der Waals surface area contributed by atoms with Gasteiger partial charge in [-0.25, -0.2) is 9.97 Å². The highest BCUT2D eigenvalue weighted by atomic mass is 32.1. The molecule has 0 saturated carbocycles. The largest absolute Gasteiger partial charge is 0.356 e. The van der Waals surface area contributed by atoms with Crippen LogP contribution < -0.4 is 4.90 Å². The molecule has 0 radical (unpaired) electrons. The summed E-state index contributed by atoms with van der Waals surface area (Å²) >= 11 is 1.81. The fourth-order valence-electron chi connectivity index (χ4n) is 3.48. The van der Waals surface area contributed by atoms with Crippen molar-refractivity contribution in [2.24, 2.45) is 5.92 Å². The number of aromatic nitrogens is 2. The molecule has 1 fully saturated rings.